The number of anilines is 1. The summed E-state index contributed by atoms with van der Waals surface area (Å²) in [5, 5.41) is 3.38. The van der Waals surface area contributed by atoms with E-state index in [2.05, 4.69) is 5.32 Å². The third-order valence-corrected chi connectivity index (χ3v) is 5.76. The van der Waals surface area contributed by atoms with Crippen molar-refractivity contribution in [3.05, 3.63) is 47.5 Å². The number of amides is 1. The number of hydrogen-bond acceptors (Lipinski definition) is 6. The lowest BCUT2D eigenvalue weighted by atomic mass is 10.2. The first-order chi connectivity index (χ1) is 14.3. The summed E-state index contributed by atoms with van der Waals surface area (Å²) in [6, 6.07) is 11.9. The minimum absolute atomic E-state index is 0.111. The van der Waals surface area contributed by atoms with Crippen molar-refractivity contribution in [2.45, 2.75) is 12.8 Å². The van der Waals surface area contributed by atoms with E-state index in [1.165, 1.54) is 4.31 Å². The lowest BCUT2D eigenvalue weighted by Gasteiger charge is -2.22. The quantitative estimate of drug-likeness (QED) is 0.555. The number of halogens is 1. The van der Waals surface area contributed by atoms with Crippen molar-refractivity contribution < 1.29 is 27.4 Å². The molecule has 1 N–H and O–H groups in total. The largest absolute Gasteiger partial charge is 0.492 e. The summed E-state index contributed by atoms with van der Waals surface area (Å²) < 4.78 is 41.7. The highest BCUT2D eigenvalue weighted by atomic mass is 35.5. The third-order valence-electron chi connectivity index (χ3n) is 4.32. The van der Waals surface area contributed by atoms with Crippen molar-refractivity contribution in [2.24, 2.45) is 0 Å². The lowest BCUT2D eigenvalue weighted by molar-refractivity contribution is -0.121. The summed E-state index contributed by atoms with van der Waals surface area (Å²) in [5.74, 6) is 1.57. The molecule has 162 valence electrons. The van der Waals surface area contributed by atoms with Gasteiger partial charge in [-0.15, -0.1) is 0 Å². The second kappa shape index (κ2) is 9.90. The van der Waals surface area contributed by atoms with E-state index < -0.39 is 10.0 Å². The van der Waals surface area contributed by atoms with Crippen LogP contribution >= 0.6 is 11.6 Å². The predicted molar refractivity (Wildman–Crippen MR) is 114 cm³/mol. The van der Waals surface area contributed by atoms with Crippen molar-refractivity contribution in [3.63, 3.8) is 0 Å². The van der Waals surface area contributed by atoms with Crippen LogP contribution in [0.15, 0.2) is 42.5 Å². The molecule has 30 heavy (non-hydrogen) atoms. The molecule has 3 rings (SSSR count). The smallest absolute Gasteiger partial charge is 0.232 e. The Morgan fingerprint density at radius 2 is 1.90 bits per heavy atom. The molecule has 1 amide bonds. The number of hydrogen-bond donors (Lipinski definition) is 1. The first kappa shape index (κ1) is 22.0. The standard InChI is InChI=1S/C20H23ClN2O6S/c1-30(25,26)23(16-6-9-18-19(13-16)29-14-28-18)11-2-3-20(24)22-10-12-27-17-7-4-15(21)5-8-17/h4-9,13H,2-3,10-12,14H2,1H3,(H,22,24). The molecule has 8 nitrogen and oxygen atoms in total. The van der Waals surface area contributed by atoms with Gasteiger partial charge in [0.25, 0.3) is 0 Å². The Morgan fingerprint density at radius 3 is 2.63 bits per heavy atom. The van der Waals surface area contributed by atoms with Gasteiger partial charge in [-0.1, -0.05) is 11.6 Å². The zero-order valence-corrected chi connectivity index (χ0v) is 18.0. The number of fused-ring (bicyclic) bond motifs is 1. The Kier molecular flexibility index (Phi) is 7.28. The zero-order valence-electron chi connectivity index (χ0n) is 16.5. The second-order valence-corrected chi connectivity index (χ2v) is 8.97. The number of ether oxygens (including phenoxy) is 3. The van der Waals surface area contributed by atoms with Gasteiger partial charge in [-0.25, -0.2) is 8.42 Å². The Morgan fingerprint density at radius 1 is 1.17 bits per heavy atom. The molecule has 0 aliphatic carbocycles. The van der Waals surface area contributed by atoms with Crippen LogP contribution < -0.4 is 23.8 Å². The average Bonchev–Trinajstić information content (AvgIpc) is 3.17. The molecule has 0 atom stereocenters. The molecule has 10 heteroatoms. The summed E-state index contributed by atoms with van der Waals surface area (Å²) >= 11 is 5.81. The monoisotopic (exact) mass is 454 g/mol. The van der Waals surface area contributed by atoms with Crippen molar-refractivity contribution in [1.82, 2.24) is 5.32 Å². The van der Waals surface area contributed by atoms with Crippen LogP contribution in [-0.4, -0.2) is 47.1 Å². The maximum absolute atomic E-state index is 12.2. The zero-order chi connectivity index (χ0) is 21.6. The van der Waals surface area contributed by atoms with Crippen LogP contribution in [0.1, 0.15) is 12.8 Å². The number of sulfonamides is 1. The maximum atomic E-state index is 12.2. The molecule has 0 saturated heterocycles. The normalized spacial score (nSPS) is 12.5. The minimum atomic E-state index is -3.51. The van der Waals surface area contributed by atoms with Crippen LogP contribution in [-0.2, 0) is 14.8 Å². The summed E-state index contributed by atoms with van der Waals surface area (Å²) in [4.78, 5) is 12.0. The number of carbonyl (C=O) groups is 1. The molecule has 0 spiro atoms. The molecule has 1 aliphatic heterocycles. The van der Waals surface area contributed by atoms with E-state index in [0.29, 0.717) is 47.5 Å². The SMILES string of the molecule is CS(=O)(=O)N(CCCC(=O)NCCOc1ccc(Cl)cc1)c1ccc2c(c1)OCO2. The Bertz CT molecular complexity index is 981. The predicted octanol–water partition coefficient (Wildman–Crippen LogP) is 2.81. The van der Waals surface area contributed by atoms with Crippen molar-refractivity contribution in [1.29, 1.82) is 0 Å². The summed E-state index contributed by atoms with van der Waals surface area (Å²) in [6.07, 6.45) is 1.69. The van der Waals surface area contributed by atoms with Gasteiger partial charge in [-0.2, -0.15) is 0 Å². The molecular formula is C20H23ClN2O6S. The van der Waals surface area contributed by atoms with E-state index in [9.17, 15) is 13.2 Å². The van der Waals surface area contributed by atoms with Crippen molar-refractivity contribution in [2.75, 3.05) is 37.1 Å². The van der Waals surface area contributed by atoms with Gasteiger partial charge in [-0.3, -0.25) is 9.10 Å². The van der Waals surface area contributed by atoms with Crippen LogP contribution in [0, 0.1) is 0 Å². The fraction of sp³-hybridized carbons (Fsp3) is 0.350. The topological polar surface area (TPSA) is 94.2 Å². The van der Waals surface area contributed by atoms with E-state index in [0.717, 1.165) is 6.26 Å². The summed E-state index contributed by atoms with van der Waals surface area (Å²) in [7, 11) is -3.51. The maximum Gasteiger partial charge on any atom is 0.232 e. The molecule has 0 bridgehead atoms. The number of rotatable bonds is 10. The first-order valence-electron chi connectivity index (χ1n) is 9.35. The fourth-order valence-electron chi connectivity index (χ4n) is 2.89. The van der Waals surface area contributed by atoms with Crippen LogP contribution in [0.25, 0.3) is 0 Å². The van der Waals surface area contributed by atoms with E-state index in [1.807, 2.05) is 0 Å². The Labute approximate surface area is 180 Å². The highest BCUT2D eigenvalue weighted by Crippen LogP contribution is 2.36. The fourth-order valence-corrected chi connectivity index (χ4v) is 3.97. The molecule has 2 aromatic carbocycles. The van der Waals surface area contributed by atoms with Gasteiger partial charge in [0.1, 0.15) is 12.4 Å². The van der Waals surface area contributed by atoms with E-state index in [4.69, 9.17) is 25.8 Å². The Hall–Kier alpha value is -2.65. The van der Waals surface area contributed by atoms with E-state index in [-0.39, 0.29) is 25.7 Å². The van der Waals surface area contributed by atoms with Crippen molar-refractivity contribution in [3.8, 4) is 17.2 Å². The van der Waals surface area contributed by atoms with Gasteiger partial charge in [0.2, 0.25) is 22.7 Å². The minimum Gasteiger partial charge on any atom is -0.492 e. The number of nitrogens with one attached hydrogen (secondary N) is 1. The van der Waals surface area contributed by atoms with Crippen LogP contribution in [0.5, 0.6) is 17.2 Å². The van der Waals surface area contributed by atoms with E-state index >= 15 is 0 Å². The van der Waals surface area contributed by atoms with Gasteiger partial charge in [0.05, 0.1) is 18.5 Å². The van der Waals surface area contributed by atoms with E-state index in [1.54, 1.807) is 42.5 Å². The molecule has 0 unspecified atom stereocenters. The molecule has 1 heterocycles. The van der Waals surface area contributed by atoms with Crippen molar-refractivity contribution >= 4 is 33.2 Å². The number of carbonyl (C=O) groups excluding carboxylic acids is 1. The lowest BCUT2D eigenvalue weighted by Crippen LogP contribution is -2.32. The average molecular weight is 455 g/mol. The first-order valence-corrected chi connectivity index (χ1v) is 11.6. The molecule has 1 aliphatic rings. The molecule has 2 aromatic rings. The summed E-state index contributed by atoms with van der Waals surface area (Å²) in [5.41, 5.74) is 0.471. The molecule has 0 radical (unpaired) electrons. The third kappa shape index (κ3) is 6.17. The molecule has 0 saturated carbocycles. The van der Waals surface area contributed by atoms with Gasteiger partial charge in [0.15, 0.2) is 11.5 Å². The van der Waals surface area contributed by atoms with Gasteiger partial charge >= 0.3 is 0 Å². The summed E-state index contributed by atoms with van der Waals surface area (Å²) in [6.45, 7) is 0.951. The highest BCUT2D eigenvalue weighted by Gasteiger charge is 2.21. The second-order valence-electron chi connectivity index (χ2n) is 6.63. The number of benzene rings is 2. The van der Waals surface area contributed by atoms with Crippen LogP contribution in [0.3, 0.4) is 0 Å². The van der Waals surface area contributed by atoms with Crippen LogP contribution in [0.4, 0.5) is 5.69 Å². The highest BCUT2D eigenvalue weighted by molar-refractivity contribution is 7.92. The number of nitrogens with zero attached hydrogens (tertiary/aromatic N) is 1. The van der Waals surface area contributed by atoms with Gasteiger partial charge in [0, 0.05) is 24.1 Å². The van der Waals surface area contributed by atoms with Crippen LogP contribution in [0.2, 0.25) is 5.02 Å². The molecule has 0 aromatic heterocycles. The molecule has 0 fully saturated rings. The Balaban J connectivity index is 1.43. The van der Waals surface area contributed by atoms with Gasteiger partial charge in [-0.05, 0) is 42.8 Å². The van der Waals surface area contributed by atoms with Gasteiger partial charge < -0.3 is 19.5 Å². The molecular weight excluding hydrogens is 432 g/mol.